The van der Waals surface area contributed by atoms with E-state index in [-0.39, 0.29) is 11.3 Å². The molecule has 136 valence electrons. The first kappa shape index (κ1) is 17.0. The molecule has 0 atom stereocenters. The van der Waals surface area contributed by atoms with Gasteiger partial charge < -0.3 is 13.8 Å². The second kappa shape index (κ2) is 6.72. The zero-order valence-electron chi connectivity index (χ0n) is 15.4. The fourth-order valence-electron chi connectivity index (χ4n) is 3.08. The summed E-state index contributed by atoms with van der Waals surface area (Å²) in [4.78, 5) is 17.4. The Balaban J connectivity index is 1.77. The van der Waals surface area contributed by atoms with Crippen LogP contribution in [0.4, 0.5) is 0 Å². The molecule has 0 radical (unpaired) electrons. The number of ether oxygens (including phenoxy) is 1. The molecule has 2 aromatic carbocycles. The number of aryl methyl sites for hydroxylation is 2. The Morgan fingerprint density at radius 2 is 1.93 bits per heavy atom. The minimum atomic E-state index is -0.117. The molecule has 0 bridgehead atoms. The van der Waals surface area contributed by atoms with Crippen LogP contribution in [-0.4, -0.2) is 21.3 Å². The second-order valence-electron chi connectivity index (χ2n) is 6.38. The van der Waals surface area contributed by atoms with E-state index in [0.717, 1.165) is 22.4 Å². The minimum Gasteiger partial charge on any atom is -0.494 e. The van der Waals surface area contributed by atoms with Gasteiger partial charge >= 0.3 is 0 Å². The van der Waals surface area contributed by atoms with Crippen LogP contribution >= 0.6 is 0 Å². The summed E-state index contributed by atoms with van der Waals surface area (Å²) >= 11 is 0. The highest BCUT2D eigenvalue weighted by Gasteiger charge is 2.16. The topological polar surface area (TPSA) is 70.2 Å². The van der Waals surface area contributed by atoms with Crippen LogP contribution in [0.25, 0.3) is 33.7 Å². The van der Waals surface area contributed by atoms with E-state index in [1.807, 2.05) is 67.9 Å². The molecule has 0 aliphatic heterocycles. The van der Waals surface area contributed by atoms with Gasteiger partial charge in [0.2, 0.25) is 11.3 Å². The normalized spacial score (nSPS) is 11.1. The van der Waals surface area contributed by atoms with Crippen molar-refractivity contribution in [1.29, 1.82) is 0 Å². The van der Waals surface area contributed by atoms with E-state index in [4.69, 9.17) is 9.26 Å². The molecular formula is C21H19N3O3. The smallest absolute Gasteiger partial charge is 0.263 e. The van der Waals surface area contributed by atoms with Gasteiger partial charge in [-0.25, -0.2) is 0 Å². The number of pyridine rings is 1. The second-order valence-corrected chi connectivity index (χ2v) is 6.38. The Hall–Kier alpha value is -3.41. The maximum absolute atomic E-state index is 12.9. The van der Waals surface area contributed by atoms with Crippen LogP contribution in [0.1, 0.15) is 12.5 Å². The summed E-state index contributed by atoms with van der Waals surface area (Å²) in [5, 5.41) is 4.67. The lowest BCUT2D eigenvalue weighted by molar-refractivity contribution is 0.340. The maximum atomic E-state index is 12.9. The molecule has 0 spiro atoms. The molecule has 0 aliphatic carbocycles. The Labute approximate surface area is 156 Å². The van der Waals surface area contributed by atoms with E-state index in [1.54, 1.807) is 6.20 Å². The third-order valence-corrected chi connectivity index (χ3v) is 4.42. The largest absolute Gasteiger partial charge is 0.494 e. The number of fused-ring (bicyclic) bond motifs is 1. The van der Waals surface area contributed by atoms with Gasteiger partial charge in [0.1, 0.15) is 11.3 Å². The standard InChI is InChI=1S/C21H19N3O3/c1-4-26-15-8-6-14(7-9-15)20-22-21(27-23-20)17-12-24(3)18-10-5-13(2)11-16(18)19(17)25/h5-12H,4H2,1-3H3. The van der Waals surface area contributed by atoms with Gasteiger partial charge in [-0.3, -0.25) is 4.79 Å². The van der Waals surface area contributed by atoms with Crippen LogP contribution in [-0.2, 0) is 7.05 Å². The van der Waals surface area contributed by atoms with E-state index in [1.165, 1.54) is 0 Å². The number of rotatable bonds is 4. The van der Waals surface area contributed by atoms with Crippen molar-refractivity contribution in [3.8, 4) is 28.6 Å². The van der Waals surface area contributed by atoms with Gasteiger partial charge in [-0.2, -0.15) is 4.98 Å². The molecule has 0 saturated heterocycles. The highest BCUT2D eigenvalue weighted by Crippen LogP contribution is 2.24. The van der Waals surface area contributed by atoms with E-state index in [9.17, 15) is 4.79 Å². The van der Waals surface area contributed by atoms with Crippen molar-refractivity contribution in [1.82, 2.24) is 14.7 Å². The molecule has 27 heavy (non-hydrogen) atoms. The molecule has 6 heteroatoms. The summed E-state index contributed by atoms with van der Waals surface area (Å²) in [6.45, 7) is 4.50. The number of hydrogen-bond acceptors (Lipinski definition) is 5. The zero-order valence-corrected chi connectivity index (χ0v) is 15.4. The van der Waals surface area contributed by atoms with Crippen LogP contribution in [0.2, 0.25) is 0 Å². The Morgan fingerprint density at radius 1 is 1.15 bits per heavy atom. The van der Waals surface area contributed by atoms with Gasteiger partial charge in [-0.1, -0.05) is 16.8 Å². The molecule has 0 aliphatic rings. The van der Waals surface area contributed by atoms with E-state index < -0.39 is 0 Å². The summed E-state index contributed by atoms with van der Waals surface area (Å²) in [7, 11) is 1.89. The van der Waals surface area contributed by atoms with Crippen molar-refractivity contribution in [3.05, 3.63) is 64.4 Å². The summed E-state index contributed by atoms with van der Waals surface area (Å²) in [5.41, 5.74) is 2.95. The molecule has 6 nitrogen and oxygen atoms in total. The molecule has 0 saturated carbocycles. The molecule has 2 heterocycles. The summed E-state index contributed by atoms with van der Waals surface area (Å²) in [6.07, 6.45) is 1.73. The minimum absolute atomic E-state index is 0.117. The fourth-order valence-corrected chi connectivity index (χ4v) is 3.08. The van der Waals surface area contributed by atoms with Crippen LogP contribution in [0.5, 0.6) is 5.75 Å². The number of aromatic nitrogens is 3. The summed E-state index contributed by atoms with van der Waals surface area (Å²) in [6, 6.07) is 13.2. The van der Waals surface area contributed by atoms with Gasteiger partial charge in [0.05, 0.1) is 12.1 Å². The summed E-state index contributed by atoms with van der Waals surface area (Å²) < 4.78 is 12.7. The zero-order chi connectivity index (χ0) is 19.0. The highest BCUT2D eigenvalue weighted by atomic mass is 16.5. The van der Waals surface area contributed by atoms with Crippen molar-refractivity contribution >= 4 is 10.9 Å². The third-order valence-electron chi connectivity index (χ3n) is 4.42. The number of hydrogen-bond donors (Lipinski definition) is 0. The lowest BCUT2D eigenvalue weighted by atomic mass is 10.1. The predicted molar refractivity (Wildman–Crippen MR) is 104 cm³/mol. The molecule has 2 aromatic heterocycles. The molecular weight excluding hydrogens is 342 g/mol. The van der Waals surface area contributed by atoms with E-state index >= 15 is 0 Å². The number of benzene rings is 2. The Morgan fingerprint density at radius 3 is 2.67 bits per heavy atom. The van der Waals surface area contributed by atoms with Crippen LogP contribution < -0.4 is 10.2 Å². The fraction of sp³-hybridized carbons (Fsp3) is 0.190. The molecule has 4 rings (SSSR count). The average molecular weight is 361 g/mol. The van der Waals surface area contributed by atoms with Crippen LogP contribution in [0, 0.1) is 6.92 Å². The van der Waals surface area contributed by atoms with Gasteiger partial charge in [-0.15, -0.1) is 0 Å². The summed E-state index contributed by atoms with van der Waals surface area (Å²) in [5.74, 6) is 1.42. The first-order valence-electron chi connectivity index (χ1n) is 8.74. The lowest BCUT2D eigenvalue weighted by Gasteiger charge is -2.07. The third kappa shape index (κ3) is 3.10. The molecule has 0 N–H and O–H groups in total. The van der Waals surface area contributed by atoms with Gasteiger partial charge in [0.25, 0.3) is 5.89 Å². The first-order chi connectivity index (χ1) is 13.1. The average Bonchev–Trinajstić information content (AvgIpc) is 3.15. The molecule has 0 fully saturated rings. The van der Waals surface area contributed by atoms with E-state index in [0.29, 0.717) is 23.4 Å². The lowest BCUT2D eigenvalue weighted by Crippen LogP contribution is -2.10. The van der Waals surface area contributed by atoms with Crippen molar-refractivity contribution in [3.63, 3.8) is 0 Å². The monoisotopic (exact) mass is 361 g/mol. The van der Waals surface area contributed by atoms with E-state index in [2.05, 4.69) is 10.1 Å². The van der Waals surface area contributed by atoms with Crippen molar-refractivity contribution in [2.24, 2.45) is 7.05 Å². The molecule has 4 aromatic rings. The quantitative estimate of drug-likeness (QED) is 0.550. The number of nitrogens with zero attached hydrogens (tertiary/aromatic N) is 3. The molecule has 0 amide bonds. The predicted octanol–water partition coefficient (Wildman–Crippen LogP) is 3.96. The SMILES string of the molecule is CCOc1ccc(-c2noc(-c3cn(C)c4ccc(C)cc4c3=O)n2)cc1. The Bertz CT molecular complexity index is 1170. The van der Waals surface area contributed by atoms with Gasteiger partial charge in [0, 0.05) is 24.2 Å². The van der Waals surface area contributed by atoms with Crippen LogP contribution in [0.15, 0.2) is 58.0 Å². The van der Waals surface area contributed by atoms with Crippen molar-refractivity contribution in [2.45, 2.75) is 13.8 Å². The highest BCUT2D eigenvalue weighted by molar-refractivity contribution is 5.83. The molecule has 0 unspecified atom stereocenters. The van der Waals surface area contributed by atoms with Crippen molar-refractivity contribution in [2.75, 3.05) is 6.61 Å². The Kier molecular flexibility index (Phi) is 4.24. The van der Waals surface area contributed by atoms with Crippen LogP contribution in [0.3, 0.4) is 0 Å². The van der Waals surface area contributed by atoms with Gasteiger partial charge in [-0.05, 0) is 50.2 Å². The maximum Gasteiger partial charge on any atom is 0.263 e. The van der Waals surface area contributed by atoms with Gasteiger partial charge in [0.15, 0.2) is 0 Å². The first-order valence-corrected chi connectivity index (χ1v) is 8.74. The van der Waals surface area contributed by atoms with Crippen molar-refractivity contribution < 1.29 is 9.26 Å².